The minimum Gasteiger partial charge on any atom is -0.481 e. The molecule has 0 saturated carbocycles. The lowest BCUT2D eigenvalue weighted by molar-refractivity contribution is -0.118. The van der Waals surface area contributed by atoms with Gasteiger partial charge in [0, 0.05) is 18.2 Å². The fourth-order valence-corrected chi connectivity index (χ4v) is 3.69. The number of halogens is 1. The summed E-state index contributed by atoms with van der Waals surface area (Å²) in [5.41, 5.74) is 1.99. The summed E-state index contributed by atoms with van der Waals surface area (Å²) in [5.74, 6) is 0.380. The second-order valence-corrected chi connectivity index (χ2v) is 7.85. The Bertz CT molecular complexity index is 1240. The number of rotatable bonds is 10. The second-order valence-electron chi connectivity index (χ2n) is 7.85. The van der Waals surface area contributed by atoms with Crippen molar-refractivity contribution in [1.82, 2.24) is 25.2 Å². The summed E-state index contributed by atoms with van der Waals surface area (Å²) in [6, 6.07) is 6.73. The molecule has 3 aromatic heterocycles. The quantitative estimate of drug-likeness (QED) is 0.370. The minimum atomic E-state index is -1.07. The molecule has 35 heavy (non-hydrogen) atoms. The first-order valence-electron chi connectivity index (χ1n) is 11.0. The van der Waals surface area contributed by atoms with E-state index in [0.717, 1.165) is 0 Å². The molecule has 4 rings (SSSR count). The molecule has 0 unspecified atom stereocenters. The fraction of sp³-hybridized carbons (Fsp3) is 0.348. The van der Waals surface area contributed by atoms with Crippen molar-refractivity contribution < 1.29 is 28.6 Å². The summed E-state index contributed by atoms with van der Waals surface area (Å²) in [4.78, 5) is 37.1. The molecule has 0 spiro atoms. The Balaban J connectivity index is 1.27. The Labute approximate surface area is 200 Å². The highest BCUT2D eigenvalue weighted by molar-refractivity contribution is 5.94. The van der Waals surface area contributed by atoms with Gasteiger partial charge >= 0.3 is 6.09 Å². The maximum atomic E-state index is 14.4. The summed E-state index contributed by atoms with van der Waals surface area (Å²) >= 11 is 0. The molecule has 184 valence electrons. The van der Waals surface area contributed by atoms with Gasteiger partial charge < -0.3 is 30.1 Å². The maximum absolute atomic E-state index is 14.4. The van der Waals surface area contributed by atoms with Gasteiger partial charge in [0.05, 0.1) is 36.6 Å². The Kier molecular flexibility index (Phi) is 7.51. The van der Waals surface area contributed by atoms with Gasteiger partial charge in [-0.25, -0.2) is 19.2 Å². The average molecular weight is 484 g/mol. The number of aromatic nitrogens is 3. The highest BCUT2D eigenvalue weighted by Gasteiger charge is 2.19. The van der Waals surface area contributed by atoms with Crippen molar-refractivity contribution in [2.75, 3.05) is 38.7 Å². The first-order chi connectivity index (χ1) is 16.9. The summed E-state index contributed by atoms with van der Waals surface area (Å²) in [5, 5.41) is 15.4. The molecule has 0 aromatic carbocycles. The van der Waals surface area contributed by atoms with Crippen molar-refractivity contribution in [2.45, 2.75) is 19.4 Å². The van der Waals surface area contributed by atoms with Gasteiger partial charge in [0.1, 0.15) is 5.82 Å². The molecular weight excluding hydrogens is 459 g/mol. The maximum Gasteiger partial charge on any atom is 0.407 e. The molecular formula is C23H25FN6O5. The van der Waals surface area contributed by atoms with Gasteiger partial charge in [-0.2, -0.15) is 0 Å². The van der Waals surface area contributed by atoms with Gasteiger partial charge in [-0.05, 0) is 44.1 Å². The van der Waals surface area contributed by atoms with Gasteiger partial charge in [-0.15, -0.1) is 0 Å². The molecule has 0 radical (unpaired) electrons. The van der Waals surface area contributed by atoms with E-state index in [1.807, 2.05) is 0 Å². The molecule has 0 fully saturated rings. The van der Waals surface area contributed by atoms with Gasteiger partial charge in [0.2, 0.25) is 5.88 Å². The predicted molar refractivity (Wildman–Crippen MR) is 124 cm³/mol. The number of ether oxygens (including phenoxy) is 2. The van der Waals surface area contributed by atoms with Gasteiger partial charge in [-0.3, -0.25) is 9.78 Å². The van der Waals surface area contributed by atoms with Crippen LogP contribution in [0.15, 0.2) is 30.5 Å². The fourth-order valence-electron chi connectivity index (χ4n) is 3.69. The molecule has 0 bridgehead atoms. The van der Waals surface area contributed by atoms with Crippen LogP contribution in [0.5, 0.6) is 11.6 Å². The van der Waals surface area contributed by atoms with E-state index < -0.39 is 11.9 Å². The zero-order chi connectivity index (χ0) is 24.8. The number of nitrogens with zero attached hydrogens (tertiary/aromatic N) is 4. The summed E-state index contributed by atoms with van der Waals surface area (Å²) in [7, 11) is 1.50. The monoisotopic (exact) mass is 484 g/mol. The lowest BCUT2D eigenvalue weighted by atomic mass is 10.1. The van der Waals surface area contributed by atoms with Crippen molar-refractivity contribution in [2.24, 2.45) is 0 Å². The first-order valence-corrected chi connectivity index (χ1v) is 11.0. The normalized spacial score (nSPS) is 12.6. The topological polar surface area (TPSA) is 139 Å². The van der Waals surface area contributed by atoms with Crippen LogP contribution in [0.4, 0.5) is 15.0 Å². The molecule has 1 aliphatic heterocycles. The molecule has 3 N–H and O–H groups in total. The number of fused-ring (bicyclic) bond motifs is 2. The highest BCUT2D eigenvalue weighted by Crippen LogP contribution is 2.25. The average Bonchev–Trinajstić information content (AvgIpc) is 2.85. The zero-order valence-corrected chi connectivity index (χ0v) is 19.1. The third-order valence-electron chi connectivity index (χ3n) is 5.44. The number of amides is 2. The largest absolute Gasteiger partial charge is 0.481 e. The third kappa shape index (κ3) is 5.90. The van der Waals surface area contributed by atoms with Gasteiger partial charge in [0.15, 0.2) is 18.2 Å². The van der Waals surface area contributed by atoms with E-state index in [0.29, 0.717) is 59.9 Å². The number of anilines is 1. The summed E-state index contributed by atoms with van der Waals surface area (Å²) in [6.45, 7) is 1.28. The number of carbonyl (C=O) groups is 2. The SMILES string of the molecule is COc1ccc2ncc(F)c(CCNCCCN(Cc3ccc4c(n3)NC(=O)CO4)C(=O)O)c2n1. The molecule has 11 nitrogen and oxygen atoms in total. The number of carboxylic acid groups (broad SMARTS) is 1. The van der Waals surface area contributed by atoms with Crippen LogP contribution in [0.25, 0.3) is 11.0 Å². The van der Waals surface area contributed by atoms with E-state index in [1.165, 1.54) is 18.2 Å². The number of nitrogens with one attached hydrogen (secondary N) is 2. The van der Waals surface area contributed by atoms with Gasteiger partial charge in [-0.1, -0.05) is 0 Å². The van der Waals surface area contributed by atoms with Crippen molar-refractivity contribution in [3.8, 4) is 11.6 Å². The number of hydrogen-bond donors (Lipinski definition) is 3. The van der Waals surface area contributed by atoms with E-state index in [4.69, 9.17) is 9.47 Å². The van der Waals surface area contributed by atoms with E-state index in [9.17, 15) is 19.1 Å². The van der Waals surface area contributed by atoms with Crippen LogP contribution in [-0.2, 0) is 17.8 Å². The third-order valence-corrected chi connectivity index (χ3v) is 5.44. The Morgan fingerprint density at radius 2 is 2.14 bits per heavy atom. The van der Waals surface area contributed by atoms with Crippen molar-refractivity contribution in [3.63, 3.8) is 0 Å². The van der Waals surface area contributed by atoms with Crippen LogP contribution >= 0.6 is 0 Å². The van der Waals surface area contributed by atoms with Crippen LogP contribution in [0.3, 0.4) is 0 Å². The molecule has 0 atom stereocenters. The predicted octanol–water partition coefficient (Wildman–Crippen LogP) is 2.21. The highest BCUT2D eigenvalue weighted by atomic mass is 19.1. The van der Waals surface area contributed by atoms with Crippen LogP contribution in [0.2, 0.25) is 0 Å². The van der Waals surface area contributed by atoms with Crippen molar-refractivity contribution >= 4 is 28.9 Å². The Hall–Kier alpha value is -4.06. The number of pyridine rings is 3. The van der Waals surface area contributed by atoms with E-state index in [2.05, 4.69) is 25.6 Å². The molecule has 2 amide bonds. The van der Waals surface area contributed by atoms with Crippen LogP contribution in [0.1, 0.15) is 17.7 Å². The molecule has 0 aliphatic carbocycles. The van der Waals surface area contributed by atoms with Crippen molar-refractivity contribution in [1.29, 1.82) is 0 Å². The lowest BCUT2D eigenvalue weighted by Crippen LogP contribution is -2.33. The van der Waals surface area contributed by atoms with Crippen LogP contribution in [0, 0.1) is 5.82 Å². The summed E-state index contributed by atoms with van der Waals surface area (Å²) < 4.78 is 24.8. The van der Waals surface area contributed by atoms with Crippen molar-refractivity contribution in [3.05, 3.63) is 47.5 Å². The lowest BCUT2D eigenvalue weighted by Gasteiger charge is -2.21. The summed E-state index contributed by atoms with van der Waals surface area (Å²) in [6.07, 6.45) is 1.04. The zero-order valence-electron chi connectivity index (χ0n) is 19.1. The molecule has 1 aliphatic rings. The van der Waals surface area contributed by atoms with E-state index in [1.54, 1.807) is 24.3 Å². The smallest absolute Gasteiger partial charge is 0.407 e. The first kappa shape index (κ1) is 24.1. The molecule has 12 heteroatoms. The number of methoxy groups -OCH3 is 1. The molecule has 4 heterocycles. The second kappa shape index (κ2) is 10.9. The molecule has 3 aromatic rings. The van der Waals surface area contributed by atoms with E-state index >= 15 is 0 Å². The Morgan fingerprint density at radius 3 is 2.94 bits per heavy atom. The van der Waals surface area contributed by atoms with E-state index in [-0.39, 0.29) is 31.4 Å². The van der Waals surface area contributed by atoms with Gasteiger partial charge in [0.25, 0.3) is 5.91 Å². The van der Waals surface area contributed by atoms with Crippen LogP contribution in [-0.4, -0.2) is 70.3 Å². The molecule has 0 saturated heterocycles. The number of carbonyl (C=O) groups excluding carboxylic acids is 1. The number of hydrogen-bond acceptors (Lipinski definition) is 8. The van der Waals surface area contributed by atoms with Crippen LogP contribution < -0.4 is 20.1 Å². The minimum absolute atomic E-state index is 0.0696. The Morgan fingerprint density at radius 1 is 1.29 bits per heavy atom. The standard InChI is InChI=1S/C23H25FN6O5/c1-34-20-6-4-17-21(29-20)15(16(24)11-26-17)7-9-25-8-2-10-30(23(32)33)12-14-3-5-18-22(27-14)28-19(31)13-35-18/h3-6,11,25H,2,7-10,12-13H2,1H3,(H,32,33)(H,27,28,31).